The fourth-order valence-electron chi connectivity index (χ4n) is 1.99. The standard InChI is InChI=1S/C16H17ClFNS/c1-2-19-16(11-20-13-6-4-3-5-7-13)14-9-8-12(17)10-15(14)18/h3-10,16,19H,2,11H2,1H3. The molecule has 0 saturated carbocycles. The van der Waals surface area contributed by atoms with E-state index in [0.717, 1.165) is 12.3 Å². The Hall–Kier alpha value is -1.03. The third kappa shape index (κ3) is 4.23. The van der Waals surface area contributed by atoms with Gasteiger partial charge in [-0.15, -0.1) is 11.8 Å². The molecule has 0 aliphatic carbocycles. The van der Waals surface area contributed by atoms with Crippen molar-refractivity contribution < 1.29 is 4.39 Å². The van der Waals surface area contributed by atoms with Crippen LogP contribution in [0.2, 0.25) is 5.02 Å². The van der Waals surface area contributed by atoms with Crippen LogP contribution >= 0.6 is 23.4 Å². The molecule has 0 amide bonds. The maximum atomic E-state index is 14.0. The van der Waals surface area contributed by atoms with Crippen molar-refractivity contribution in [3.05, 3.63) is 64.9 Å². The third-order valence-corrected chi connectivity index (χ3v) is 4.29. The zero-order valence-electron chi connectivity index (χ0n) is 11.3. The maximum Gasteiger partial charge on any atom is 0.129 e. The number of halogens is 2. The average molecular weight is 310 g/mol. The van der Waals surface area contributed by atoms with E-state index in [-0.39, 0.29) is 11.9 Å². The van der Waals surface area contributed by atoms with Crippen LogP contribution in [0.1, 0.15) is 18.5 Å². The topological polar surface area (TPSA) is 12.0 Å². The van der Waals surface area contributed by atoms with Crippen LogP contribution in [-0.2, 0) is 0 Å². The van der Waals surface area contributed by atoms with Crippen LogP contribution in [0, 0.1) is 5.82 Å². The molecule has 1 unspecified atom stereocenters. The van der Waals surface area contributed by atoms with E-state index in [1.807, 2.05) is 25.1 Å². The lowest BCUT2D eigenvalue weighted by Crippen LogP contribution is -2.23. The Bertz CT molecular complexity index is 547. The second-order valence-electron chi connectivity index (χ2n) is 4.40. The van der Waals surface area contributed by atoms with Crippen molar-refractivity contribution in [1.82, 2.24) is 5.32 Å². The summed E-state index contributed by atoms with van der Waals surface area (Å²) >= 11 is 7.52. The maximum absolute atomic E-state index is 14.0. The van der Waals surface area contributed by atoms with Gasteiger partial charge in [0, 0.05) is 27.3 Å². The first-order valence-corrected chi connectivity index (χ1v) is 7.93. The molecule has 2 aromatic carbocycles. The van der Waals surface area contributed by atoms with E-state index in [4.69, 9.17) is 11.6 Å². The molecular formula is C16H17ClFNS. The highest BCUT2D eigenvalue weighted by molar-refractivity contribution is 7.99. The van der Waals surface area contributed by atoms with E-state index >= 15 is 0 Å². The summed E-state index contributed by atoms with van der Waals surface area (Å²) in [5.41, 5.74) is 0.666. The minimum Gasteiger partial charge on any atom is -0.309 e. The van der Waals surface area contributed by atoms with Crippen molar-refractivity contribution >= 4 is 23.4 Å². The van der Waals surface area contributed by atoms with Crippen LogP contribution in [-0.4, -0.2) is 12.3 Å². The highest BCUT2D eigenvalue weighted by Gasteiger charge is 2.15. The van der Waals surface area contributed by atoms with Gasteiger partial charge in [-0.3, -0.25) is 0 Å². The average Bonchev–Trinajstić information content (AvgIpc) is 2.45. The van der Waals surface area contributed by atoms with Crippen LogP contribution in [0.25, 0.3) is 0 Å². The molecule has 1 nitrogen and oxygen atoms in total. The normalized spacial score (nSPS) is 12.3. The van der Waals surface area contributed by atoms with Crippen molar-refractivity contribution in [2.75, 3.05) is 12.3 Å². The molecule has 1 atom stereocenters. The van der Waals surface area contributed by atoms with E-state index in [0.29, 0.717) is 10.6 Å². The van der Waals surface area contributed by atoms with Gasteiger partial charge < -0.3 is 5.32 Å². The lowest BCUT2D eigenvalue weighted by Gasteiger charge is -2.19. The predicted octanol–water partition coefficient (Wildman–Crippen LogP) is 4.92. The van der Waals surface area contributed by atoms with Gasteiger partial charge in [0.1, 0.15) is 5.82 Å². The van der Waals surface area contributed by atoms with Crippen molar-refractivity contribution in [1.29, 1.82) is 0 Å². The first-order chi connectivity index (χ1) is 9.70. The number of nitrogens with one attached hydrogen (secondary N) is 1. The molecule has 0 fully saturated rings. The number of hydrogen-bond donors (Lipinski definition) is 1. The smallest absolute Gasteiger partial charge is 0.129 e. The Morgan fingerprint density at radius 2 is 1.95 bits per heavy atom. The second kappa shape index (κ2) is 7.67. The highest BCUT2D eigenvalue weighted by atomic mass is 35.5. The number of hydrogen-bond acceptors (Lipinski definition) is 2. The summed E-state index contributed by atoms with van der Waals surface area (Å²) in [6, 6.07) is 15.0. The van der Waals surface area contributed by atoms with Crippen molar-refractivity contribution in [3.8, 4) is 0 Å². The van der Waals surface area contributed by atoms with Gasteiger partial charge in [0.05, 0.1) is 0 Å². The summed E-state index contributed by atoms with van der Waals surface area (Å²) in [5.74, 6) is 0.522. The molecule has 0 heterocycles. The Labute approximate surface area is 128 Å². The van der Waals surface area contributed by atoms with E-state index in [1.165, 1.54) is 11.0 Å². The van der Waals surface area contributed by atoms with Gasteiger partial charge in [-0.25, -0.2) is 4.39 Å². The van der Waals surface area contributed by atoms with Gasteiger partial charge in [-0.2, -0.15) is 0 Å². The quantitative estimate of drug-likeness (QED) is 0.760. The number of thioether (sulfide) groups is 1. The summed E-state index contributed by atoms with van der Waals surface area (Å²) in [6.45, 7) is 2.82. The van der Waals surface area contributed by atoms with E-state index in [2.05, 4.69) is 17.4 Å². The minimum absolute atomic E-state index is 0.0255. The van der Waals surface area contributed by atoms with E-state index < -0.39 is 0 Å². The van der Waals surface area contributed by atoms with Gasteiger partial charge in [-0.1, -0.05) is 42.8 Å². The van der Waals surface area contributed by atoms with Gasteiger partial charge >= 0.3 is 0 Å². The van der Waals surface area contributed by atoms with Gasteiger partial charge in [0.25, 0.3) is 0 Å². The Morgan fingerprint density at radius 1 is 1.20 bits per heavy atom. The molecule has 20 heavy (non-hydrogen) atoms. The van der Waals surface area contributed by atoms with Crippen molar-refractivity contribution in [3.63, 3.8) is 0 Å². The number of rotatable bonds is 6. The molecule has 0 bridgehead atoms. The largest absolute Gasteiger partial charge is 0.309 e. The van der Waals surface area contributed by atoms with Crippen LogP contribution in [0.4, 0.5) is 4.39 Å². The molecule has 0 spiro atoms. The fraction of sp³-hybridized carbons (Fsp3) is 0.250. The highest BCUT2D eigenvalue weighted by Crippen LogP contribution is 2.27. The van der Waals surface area contributed by atoms with E-state index in [9.17, 15) is 4.39 Å². The van der Waals surface area contributed by atoms with Crippen molar-refractivity contribution in [2.45, 2.75) is 17.9 Å². The molecule has 2 rings (SSSR count). The SMILES string of the molecule is CCNC(CSc1ccccc1)c1ccc(Cl)cc1F. The molecule has 0 aromatic heterocycles. The summed E-state index contributed by atoms with van der Waals surface area (Å²) in [5, 5.41) is 3.75. The summed E-state index contributed by atoms with van der Waals surface area (Å²) in [4.78, 5) is 1.18. The summed E-state index contributed by atoms with van der Waals surface area (Å²) < 4.78 is 14.0. The zero-order valence-corrected chi connectivity index (χ0v) is 12.8. The van der Waals surface area contributed by atoms with Crippen LogP contribution < -0.4 is 5.32 Å². The molecule has 2 aromatic rings. The van der Waals surface area contributed by atoms with Gasteiger partial charge in [-0.05, 0) is 30.8 Å². The van der Waals surface area contributed by atoms with Crippen molar-refractivity contribution in [2.24, 2.45) is 0 Å². The van der Waals surface area contributed by atoms with Crippen LogP contribution in [0.3, 0.4) is 0 Å². The number of benzene rings is 2. The third-order valence-electron chi connectivity index (χ3n) is 2.95. The monoisotopic (exact) mass is 309 g/mol. The predicted molar refractivity (Wildman–Crippen MR) is 85.0 cm³/mol. The van der Waals surface area contributed by atoms with Gasteiger partial charge in [0.2, 0.25) is 0 Å². The van der Waals surface area contributed by atoms with Gasteiger partial charge in [0.15, 0.2) is 0 Å². The minimum atomic E-state index is -0.253. The van der Waals surface area contributed by atoms with Crippen LogP contribution in [0.5, 0.6) is 0 Å². The summed E-state index contributed by atoms with van der Waals surface area (Å²) in [6.07, 6.45) is 0. The molecule has 106 valence electrons. The Kier molecular flexibility index (Phi) is 5.89. The molecule has 0 radical (unpaired) electrons. The summed E-state index contributed by atoms with van der Waals surface area (Å²) in [7, 11) is 0. The lowest BCUT2D eigenvalue weighted by molar-refractivity contribution is 0.545. The van der Waals surface area contributed by atoms with E-state index in [1.54, 1.807) is 23.9 Å². The molecule has 0 saturated heterocycles. The molecule has 0 aliphatic heterocycles. The molecule has 0 aliphatic rings. The Balaban J connectivity index is 2.10. The molecule has 1 N–H and O–H groups in total. The first kappa shape index (κ1) is 15.4. The molecule has 4 heteroatoms. The van der Waals surface area contributed by atoms with Crippen LogP contribution in [0.15, 0.2) is 53.4 Å². The lowest BCUT2D eigenvalue weighted by atomic mass is 10.1. The fourth-order valence-corrected chi connectivity index (χ4v) is 3.15. The molecular weight excluding hydrogens is 293 g/mol. The first-order valence-electron chi connectivity index (χ1n) is 6.57. The second-order valence-corrected chi connectivity index (χ2v) is 5.93. The Morgan fingerprint density at radius 3 is 2.60 bits per heavy atom. The zero-order chi connectivity index (χ0) is 14.4.